The molecule has 0 radical (unpaired) electrons. The van der Waals surface area contributed by atoms with Gasteiger partial charge in [-0.25, -0.2) is 9.97 Å². The van der Waals surface area contributed by atoms with Gasteiger partial charge in [-0.15, -0.1) is 0 Å². The number of rotatable bonds is 6. The summed E-state index contributed by atoms with van der Waals surface area (Å²) in [5, 5.41) is 6.44. The summed E-state index contributed by atoms with van der Waals surface area (Å²) in [6.45, 7) is 7.05. The number of methoxy groups -OCH3 is 1. The van der Waals surface area contributed by atoms with Crippen LogP contribution in [-0.2, 0) is 0 Å². The SMILES string of the molecule is CCNc1ncnc(NC(C)CC)c1OC. The molecule has 1 heterocycles. The topological polar surface area (TPSA) is 59.1 Å². The van der Waals surface area contributed by atoms with Gasteiger partial charge in [0, 0.05) is 12.6 Å². The van der Waals surface area contributed by atoms with E-state index < -0.39 is 0 Å². The Morgan fingerprint density at radius 1 is 1.31 bits per heavy atom. The molecule has 1 atom stereocenters. The molecule has 1 rings (SSSR count). The van der Waals surface area contributed by atoms with Gasteiger partial charge in [0.25, 0.3) is 0 Å². The van der Waals surface area contributed by atoms with E-state index in [0.29, 0.717) is 11.8 Å². The lowest BCUT2D eigenvalue weighted by Crippen LogP contribution is -2.16. The Labute approximate surface area is 96.6 Å². The van der Waals surface area contributed by atoms with E-state index in [-0.39, 0.29) is 0 Å². The Bertz CT molecular complexity index is 330. The van der Waals surface area contributed by atoms with Crippen molar-refractivity contribution in [1.29, 1.82) is 0 Å². The van der Waals surface area contributed by atoms with Crippen LogP contribution < -0.4 is 15.4 Å². The fraction of sp³-hybridized carbons (Fsp3) is 0.636. The maximum atomic E-state index is 5.32. The summed E-state index contributed by atoms with van der Waals surface area (Å²) in [5.74, 6) is 2.14. The molecule has 0 spiro atoms. The van der Waals surface area contributed by atoms with Crippen molar-refractivity contribution >= 4 is 11.6 Å². The van der Waals surface area contributed by atoms with Crippen LogP contribution in [0.15, 0.2) is 6.33 Å². The van der Waals surface area contributed by atoms with Crippen molar-refractivity contribution < 1.29 is 4.74 Å². The van der Waals surface area contributed by atoms with Gasteiger partial charge in [0.2, 0.25) is 5.75 Å². The number of aromatic nitrogens is 2. The van der Waals surface area contributed by atoms with Crippen molar-refractivity contribution in [3.05, 3.63) is 6.33 Å². The number of nitrogens with zero attached hydrogens (tertiary/aromatic N) is 2. The molecule has 1 unspecified atom stereocenters. The molecular formula is C11H20N4O. The van der Waals surface area contributed by atoms with Crippen LogP contribution in [0.2, 0.25) is 0 Å². The number of ether oxygens (including phenoxy) is 1. The Hall–Kier alpha value is -1.52. The van der Waals surface area contributed by atoms with Gasteiger partial charge in [-0.1, -0.05) is 6.92 Å². The summed E-state index contributed by atoms with van der Waals surface area (Å²) in [7, 11) is 1.63. The van der Waals surface area contributed by atoms with Gasteiger partial charge < -0.3 is 15.4 Å². The molecule has 0 fully saturated rings. The zero-order valence-electron chi connectivity index (χ0n) is 10.4. The molecule has 16 heavy (non-hydrogen) atoms. The highest BCUT2D eigenvalue weighted by Gasteiger charge is 2.12. The third-order valence-electron chi connectivity index (χ3n) is 2.35. The molecule has 0 aliphatic carbocycles. The molecule has 5 heteroatoms. The minimum atomic E-state index is 0.360. The minimum Gasteiger partial charge on any atom is -0.490 e. The van der Waals surface area contributed by atoms with Gasteiger partial charge in [-0.3, -0.25) is 0 Å². The summed E-state index contributed by atoms with van der Waals surface area (Å²) in [4.78, 5) is 8.34. The smallest absolute Gasteiger partial charge is 0.204 e. The summed E-state index contributed by atoms with van der Waals surface area (Å²) < 4.78 is 5.32. The maximum absolute atomic E-state index is 5.32. The fourth-order valence-corrected chi connectivity index (χ4v) is 1.30. The van der Waals surface area contributed by atoms with E-state index in [2.05, 4.69) is 34.4 Å². The van der Waals surface area contributed by atoms with E-state index in [0.717, 1.165) is 24.6 Å². The van der Waals surface area contributed by atoms with Crippen LogP contribution in [0.25, 0.3) is 0 Å². The van der Waals surface area contributed by atoms with E-state index in [9.17, 15) is 0 Å². The standard InChI is InChI=1S/C11H20N4O/c1-5-8(3)15-11-9(16-4)10(12-6-2)13-7-14-11/h7-8H,5-6H2,1-4H3,(H2,12,13,14,15). The molecule has 0 aliphatic rings. The quantitative estimate of drug-likeness (QED) is 0.775. The van der Waals surface area contributed by atoms with Crippen LogP contribution in [0.1, 0.15) is 27.2 Å². The molecule has 0 amide bonds. The van der Waals surface area contributed by atoms with Crippen molar-refractivity contribution in [2.24, 2.45) is 0 Å². The second-order valence-electron chi connectivity index (χ2n) is 3.59. The third kappa shape index (κ3) is 2.98. The lowest BCUT2D eigenvalue weighted by Gasteiger charge is -2.16. The molecular weight excluding hydrogens is 204 g/mol. The van der Waals surface area contributed by atoms with Crippen LogP contribution >= 0.6 is 0 Å². The van der Waals surface area contributed by atoms with Gasteiger partial charge >= 0.3 is 0 Å². The average molecular weight is 224 g/mol. The third-order valence-corrected chi connectivity index (χ3v) is 2.35. The number of hydrogen-bond donors (Lipinski definition) is 2. The van der Waals surface area contributed by atoms with Gasteiger partial charge in [0.05, 0.1) is 7.11 Å². The Morgan fingerprint density at radius 2 is 2.00 bits per heavy atom. The Morgan fingerprint density at radius 3 is 2.56 bits per heavy atom. The van der Waals surface area contributed by atoms with Crippen LogP contribution in [0, 0.1) is 0 Å². The van der Waals surface area contributed by atoms with E-state index in [1.165, 1.54) is 6.33 Å². The van der Waals surface area contributed by atoms with Crippen LogP contribution in [0.3, 0.4) is 0 Å². The molecule has 0 aromatic carbocycles. The van der Waals surface area contributed by atoms with Gasteiger partial charge in [-0.05, 0) is 20.3 Å². The van der Waals surface area contributed by atoms with Crippen LogP contribution in [-0.4, -0.2) is 29.7 Å². The van der Waals surface area contributed by atoms with Gasteiger partial charge in [0.1, 0.15) is 6.33 Å². The normalized spacial score (nSPS) is 12.0. The first-order chi connectivity index (χ1) is 7.72. The van der Waals surface area contributed by atoms with Crippen molar-refractivity contribution in [2.75, 3.05) is 24.3 Å². The molecule has 0 saturated carbocycles. The molecule has 90 valence electrons. The number of nitrogens with one attached hydrogen (secondary N) is 2. The van der Waals surface area contributed by atoms with Gasteiger partial charge in [0.15, 0.2) is 11.6 Å². The van der Waals surface area contributed by atoms with Gasteiger partial charge in [-0.2, -0.15) is 0 Å². The summed E-state index contributed by atoms with van der Waals surface area (Å²) in [6, 6.07) is 0.360. The molecule has 1 aromatic rings. The van der Waals surface area contributed by atoms with Crippen molar-refractivity contribution in [2.45, 2.75) is 33.2 Å². The summed E-state index contributed by atoms with van der Waals surface area (Å²) in [5.41, 5.74) is 0. The molecule has 5 nitrogen and oxygen atoms in total. The average Bonchev–Trinajstić information content (AvgIpc) is 2.29. The van der Waals surface area contributed by atoms with E-state index in [1.807, 2.05) is 6.92 Å². The molecule has 1 aromatic heterocycles. The highest BCUT2D eigenvalue weighted by atomic mass is 16.5. The number of anilines is 2. The maximum Gasteiger partial charge on any atom is 0.204 e. The predicted octanol–water partition coefficient (Wildman–Crippen LogP) is 2.13. The van der Waals surface area contributed by atoms with E-state index in [1.54, 1.807) is 7.11 Å². The van der Waals surface area contributed by atoms with E-state index >= 15 is 0 Å². The minimum absolute atomic E-state index is 0.360. The van der Waals surface area contributed by atoms with Crippen LogP contribution in [0.4, 0.5) is 11.6 Å². The summed E-state index contributed by atoms with van der Waals surface area (Å²) in [6.07, 6.45) is 2.56. The second-order valence-corrected chi connectivity index (χ2v) is 3.59. The lowest BCUT2D eigenvalue weighted by atomic mass is 10.2. The monoisotopic (exact) mass is 224 g/mol. The first-order valence-electron chi connectivity index (χ1n) is 5.62. The van der Waals surface area contributed by atoms with Crippen LogP contribution in [0.5, 0.6) is 5.75 Å². The lowest BCUT2D eigenvalue weighted by molar-refractivity contribution is 0.414. The largest absolute Gasteiger partial charge is 0.490 e. The zero-order chi connectivity index (χ0) is 12.0. The van der Waals surface area contributed by atoms with Crippen molar-refractivity contribution in [3.63, 3.8) is 0 Å². The molecule has 0 aliphatic heterocycles. The highest BCUT2D eigenvalue weighted by molar-refractivity contribution is 5.63. The fourth-order valence-electron chi connectivity index (χ4n) is 1.30. The Kier molecular flexibility index (Phi) is 4.82. The molecule has 0 bridgehead atoms. The Balaban J connectivity index is 2.94. The molecule has 2 N–H and O–H groups in total. The molecule has 0 saturated heterocycles. The zero-order valence-corrected chi connectivity index (χ0v) is 10.4. The number of hydrogen-bond acceptors (Lipinski definition) is 5. The van der Waals surface area contributed by atoms with Crippen molar-refractivity contribution in [3.8, 4) is 5.75 Å². The predicted molar refractivity (Wildman–Crippen MR) is 66.1 cm³/mol. The second kappa shape index (κ2) is 6.15. The van der Waals surface area contributed by atoms with E-state index in [4.69, 9.17) is 4.74 Å². The summed E-state index contributed by atoms with van der Waals surface area (Å²) >= 11 is 0. The first kappa shape index (κ1) is 12.5. The first-order valence-corrected chi connectivity index (χ1v) is 5.62. The highest BCUT2D eigenvalue weighted by Crippen LogP contribution is 2.29. The van der Waals surface area contributed by atoms with Crippen molar-refractivity contribution in [1.82, 2.24) is 9.97 Å².